The summed E-state index contributed by atoms with van der Waals surface area (Å²) in [7, 11) is 0. The molecule has 0 bridgehead atoms. The van der Waals surface area contributed by atoms with Crippen LogP contribution in [0.4, 0.5) is 0 Å². The topological polar surface area (TPSA) is 74.8 Å². The van der Waals surface area contributed by atoms with Crippen molar-refractivity contribution in [2.24, 2.45) is 11.8 Å². The van der Waals surface area contributed by atoms with Gasteiger partial charge in [-0.25, -0.2) is 0 Å². The number of carbonyl (C=O) groups is 4. The van der Waals surface area contributed by atoms with E-state index in [2.05, 4.69) is 0 Å². The fourth-order valence-electron chi connectivity index (χ4n) is 3.14. The maximum absolute atomic E-state index is 12.0. The first-order valence-corrected chi connectivity index (χ1v) is 9.99. The Morgan fingerprint density at radius 2 is 1.81 bits per heavy atom. The van der Waals surface area contributed by atoms with Crippen LogP contribution >= 0.6 is 0 Å². The molecule has 1 heterocycles. The minimum absolute atomic E-state index is 0.0361. The van der Waals surface area contributed by atoms with E-state index in [4.69, 9.17) is 0 Å². The van der Waals surface area contributed by atoms with Crippen LogP contribution in [0, 0.1) is 11.8 Å². The largest absolute Gasteiger partial charge is 0.285 e. The van der Waals surface area contributed by atoms with Gasteiger partial charge in [-0.3, -0.25) is 29.0 Å². The molecule has 0 aromatic heterocycles. The van der Waals surface area contributed by atoms with Gasteiger partial charge in [-0.2, -0.15) is 0 Å². The SMILES string of the molecule is CCC(C)CC(=O)N(C=O)CCCCCCCCN1C(=O)CC(C)C1=O. The smallest absolute Gasteiger partial charge is 0.232 e. The summed E-state index contributed by atoms with van der Waals surface area (Å²) < 4.78 is 0. The Morgan fingerprint density at radius 1 is 1.19 bits per heavy atom. The Morgan fingerprint density at radius 3 is 2.35 bits per heavy atom. The number of carbonyl (C=O) groups excluding carboxylic acids is 4. The lowest BCUT2D eigenvalue weighted by atomic mass is 10.0. The molecule has 1 aliphatic heterocycles. The van der Waals surface area contributed by atoms with Gasteiger partial charge in [-0.05, 0) is 18.8 Å². The zero-order valence-corrected chi connectivity index (χ0v) is 16.5. The summed E-state index contributed by atoms with van der Waals surface area (Å²) in [4.78, 5) is 49.2. The molecule has 0 aliphatic carbocycles. The minimum atomic E-state index is -0.161. The molecule has 4 amide bonds. The highest BCUT2D eigenvalue weighted by molar-refractivity contribution is 6.03. The summed E-state index contributed by atoms with van der Waals surface area (Å²) in [5, 5.41) is 0. The van der Waals surface area contributed by atoms with Crippen molar-refractivity contribution in [1.29, 1.82) is 0 Å². The van der Waals surface area contributed by atoms with Gasteiger partial charge in [0.25, 0.3) is 0 Å². The summed E-state index contributed by atoms with van der Waals surface area (Å²) in [5.74, 6) is -0.0124. The van der Waals surface area contributed by atoms with Crippen LogP contribution in [0.1, 0.15) is 78.6 Å². The standard InChI is InChI=1S/C20H34N2O4/c1-4-16(2)13-18(24)21(15-23)11-9-7-5-6-8-10-12-22-19(25)14-17(3)20(22)26/h15-17H,4-14H2,1-3H3. The molecule has 6 heteroatoms. The van der Waals surface area contributed by atoms with Crippen LogP contribution in [-0.2, 0) is 19.2 Å². The van der Waals surface area contributed by atoms with Gasteiger partial charge in [-0.15, -0.1) is 0 Å². The summed E-state index contributed by atoms with van der Waals surface area (Å²) in [5.41, 5.74) is 0. The average molecular weight is 367 g/mol. The van der Waals surface area contributed by atoms with E-state index in [1.807, 2.05) is 13.8 Å². The zero-order chi connectivity index (χ0) is 19.5. The van der Waals surface area contributed by atoms with Crippen LogP contribution in [0.3, 0.4) is 0 Å². The van der Waals surface area contributed by atoms with E-state index in [0.29, 0.717) is 38.3 Å². The van der Waals surface area contributed by atoms with Gasteiger partial charge in [0.15, 0.2) is 0 Å². The Hall–Kier alpha value is -1.72. The lowest BCUT2D eigenvalue weighted by Crippen LogP contribution is -2.31. The van der Waals surface area contributed by atoms with Crippen LogP contribution in [0.15, 0.2) is 0 Å². The maximum Gasteiger partial charge on any atom is 0.232 e. The fraction of sp³-hybridized carbons (Fsp3) is 0.800. The average Bonchev–Trinajstić information content (AvgIpc) is 2.85. The minimum Gasteiger partial charge on any atom is -0.285 e. The van der Waals surface area contributed by atoms with Crippen molar-refractivity contribution in [3.63, 3.8) is 0 Å². The summed E-state index contributed by atoms with van der Waals surface area (Å²) in [6.45, 7) is 6.89. The van der Waals surface area contributed by atoms with Gasteiger partial charge >= 0.3 is 0 Å². The monoisotopic (exact) mass is 366 g/mol. The summed E-state index contributed by atoms with van der Waals surface area (Å²) in [6.07, 6.45) is 8.06. The van der Waals surface area contributed by atoms with E-state index in [0.717, 1.165) is 44.9 Å². The van der Waals surface area contributed by atoms with Crippen LogP contribution < -0.4 is 0 Å². The molecule has 0 saturated carbocycles. The van der Waals surface area contributed by atoms with Crippen molar-refractivity contribution in [3.8, 4) is 0 Å². The normalized spacial score (nSPS) is 18.3. The highest BCUT2D eigenvalue weighted by Crippen LogP contribution is 2.19. The predicted molar refractivity (Wildman–Crippen MR) is 100 cm³/mol. The lowest BCUT2D eigenvalue weighted by molar-refractivity contribution is -0.140. The molecule has 0 spiro atoms. The van der Waals surface area contributed by atoms with Gasteiger partial charge in [0.2, 0.25) is 24.1 Å². The molecule has 148 valence electrons. The number of hydrogen-bond donors (Lipinski definition) is 0. The molecule has 1 saturated heterocycles. The van der Waals surface area contributed by atoms with Gasteiger partial charge in [0, 0.05) is 31.8 Å². The number of imide groups is 2. The lowest BCUT2D eigenvalue weighted by Gasteiger charge is -2.17. The predicted octanol–water partition coefficient (Wildman–Crippen LogP) is 3.14. The number of nitrogens with zero attached hydrogens (tertiary/aromatic N) is 2. The Bertz CT molecular complexity index is 492. The van der Waals surface area contributed by atoms with E-state index in [-0.39, 0.29) is 23.6 Å². The zero-order valence-electron chi connectivity index (χ0n) is 16.5. The molecule has 2 unspecified atom stereocenters. The third-order valence-corrected chi connectivity index (χ3v) is 5.17. The number of likely N-dealkylation sites (tertiary alicyclic amines) is 1. The Balaban J connectivity index is 2.08. The summed E-state index contributed by atoms with van der Waals surface area (Å²) in [6, 6.07) is 0. The Labute approximate surface area is 157 Å². The number of rotatable bonds is 13. The Kier molecular flexibility index (Phi) is 10.1. The highest BCUT2D eigenvalue weighted by Gasteiger charge is 2.34. The quantitative estimate of drug-likeness (QED) is 0.285. The first-order chi connectivity index (χ1) is 12.4. The molecule has 0 aromatic carbocycles. The molecule has 6 nitrogen and oxygen atoms in total. The number of hydrogen-bond acceptors (Lipinski definition) is 4. The van der Waals surface area contributed by atoms with E-state index in [1.165, 1.54) is 9.80 Å². The molecule has 0 radical (unpaired) electrons. The van der Waals surface area contributed by atoms with Gasteiger partial charge in [0.05, 0.1) is 0 Å². The van der Waals surface area contributed by atoms with Crippen LogP contribution in [-0.4, -0.2) is 47.0 Å². The number of unbranched alkanes of at least 4 members (excludes halogenated alkanes) is 5. The first kappa shape index (κ1) is 22.3. The van der Waals surface area contributed by atoms with Crippen LogP contribution in [0.5, 0.6) is 0 Å². The molecule has 1 fully saturated rings. The molecular formula is C20H34N2O4. The van der Waals surface area contributed by atoms with Crippen molar-refractivity contribution in [2.45, 2.75) is 78.6 Å². The molecule has 0 N–H and O–H groups in total. The molecule has 1 rings (SSSR count). The van der Waals surface area contributed by atoms with Gasteiger partial charge in [-0.1, -0.05) is 52.9 Å². The van der Waals surface area contributed by atoms with E-state index >= 15 is 0 Å². The second kappa shape index (κ2) is 11.8. The third kappa shape index (κ3) is 7.26. The van der Waals surface area contributed by atoms with E-state index < -0.39 is 0 Å². The van der Waals surface area contributed by atoms with E-state index in [1.54, 1.807) is 6.92 Å². The highest BCUT2D eigenvalue weighted by atomic mass is 16.2. The van der Waals surface area contributed by atoms with Crippen molar-refractivity contribution in [3.05, 3.63) is 0 Å². The van der Waals surface area contributed by atoms with Crippen LogP contribution in [0.2, 0.25) is 0 Å². The van der Waals surface area contributed by atoms with Gasteiger partial charge in [0.1, 0.15) is 0 Å². The molecule has 26 heavy (non-hydrogen) atoms. The van der Waals surface area contributed by atoms with E-state index in [9.17, 15) is 19.2 Å². The third-order valence-electron chi connectivity index (χ3n) is 5.17. The molecule has 0 aromatic rings. The van der Waals surface area contributed by atoms with Crippen molar-refractivity contribution in [2.75, 3.05) is 13.1 Å². The number of amides is 4. The molecule has 2 atom stereocenters. The van der Waals surface area contributed by atoms with Crippen molar-refractivity contribution < 1.29 is 19.2 Å². The van der Waals surface area contributed by atoms with Crippen molar-refractivity contribution in [1.82, 2.24) is 9.80 Å². The van der Waals surface area contributed by atoms with Crippen LogP contribution in [0.25, 0.3) is 0 Å². The van der Waals surface area contributed by atoms with Gasteiger partial charge < -0.3 is 0 Å². The second-order valence-electron chi connectivity index (χ2n) is 7.52. The second-order valence-corrected chi connectivity index (χ2v) is 7.52. The maximum atomic E-state index is 12.0. The fourth-order valence-corrected chi connectivity index (χ4v) is 3.14. The summed E-state index contributed by atoms with van der Waals surface area (Å²) >= 11 is 0. The first-order valence-electron chi connectivity index (χ1n) is 9.99. The molecule has 1 aliphatic rings. The molecular weight excluding hydrogens is 332 g/mol. The van der Waals surface area contributed by atoms with Crippen molar-refractivity contribution >= 4 is 24.1 Å².